The molecule has 1 aliphatic rings. The van der Waals surface area contributed by atoms with Gasteiger partial charge in [0.05, 0.1) is 5.69 Å². The zero-order valence-corrected chi connectivity index (χ0v) is 15.6. The molecule has 2 aromatic rings. The molecule has 0 N–H and O–H groups in total. The summed E-state index contributed by atoms with van der Waals surface area (Å²) in [7, 11) is 4.21. The molecular weight excluding hydrogens is 312 g/mol. The van der Waals surface area contributed by atoms with E-state index < -0.39 is 0 Å². The molecule has 0 bridgehead atoms. The molecule has 1 saturated heterocycles. The molecule has 25 heavy (non-hydrogen) atoms. The second kappa shape index (κ2) is 7.40. The lowest BCUT2D eigenvalue weighted by atomic mass is 9.93. The minimum atomic E-state index is 0.217. The first-order chi connectivity index (χ1) is 11.9. The zero-order valence-electron chi connectivity index (χ0n) is 15.6. The molecule has 5 heteroatoms. The minimum absolute atomic E-state index is 0.217. The van der Waals surface area contributed by atoms with Crippen molar-refractivity contribution < 1.29 is 4.79 Å². The average Bonchev–Trinajstić information content (AvgIpc) is 3.20. The molecule has 0 saturated carbocycles. The second-order valence-electron chi connectivity index (χ2n) is 7.32. The molecular formula is C20H28N4O. The third-order valence-electron chi connectivity index (χ3n) is 5.14. The first kappa shape index (κ1) is 17.7. The monoisotopic (exact) mass is 340 g/mol. The number of likely N-dealkylation sites (tertiary alicyclic amines) is 1. The molecule has 5 nitrogen and oxygen atoms in total. The molecule has 0 aliphatic carbocycles. The molecule has 2 atom stereocenters. The smallest absolute Gasteiger partial charge is 0.224 e. The van der Waals surface area contributed by atoms with Gasteiger partial charge in [0, 0.05) is 44.2 Å². The van der Waals surface area contributed by atoms with Crippen molar-refractivity contribution >= 4 is 5.91 Å². The van der Waals surface area contributed by atoms with Crippen molar-refractivity contribution in [2.45, 2.75) is 38.8 Å². The van der Waals surface area contributed by atoms with Crippen LogP contribution >= 0.6 is 0 Å². The molecule has 1 aliphatic heterocycles. The highest BCUT2D eigenvalue weighted by Crippen LogP contribution is 2.30. The first-order valence-electron chi connectivity index (χ1n) is 8.95. The fraction of sp³-hybridized carbons (Fsp3) is 0.500. The third-order valence-corrected chi connectivity index (χ3v) is 5.14. The van der Waals surface area contributed by atoms with Crippen LogP contribution in [0.1, 0.15) is 29.2 Å². The maximum atomic E-state index is 12.7. The Morgan fingerprint density at radius 3 is 2.48 bits per heavy atom. The van der Waals surface area contributed by atoms with E-state index in [-0.39, 0.29) is 5.91 Å². The maximum Gasteiger partial charge on any atom is 0.224 e. The lowest BCUT2D eigenvalue weighted by Crippen LogP contribution is -2.36. The van der Waals surface area contributed by atoms with Crippen LogP contribution in [0.25, 0.3) is 0 Å². The number of amides is 1. The van der Waals surface area contributed by atoms with Gasteiger partial charge in [-0.1, -0.05) is 29.8 Å². The van der Waals surface area contributed by atoms with Gasteiger partial charge in [0.1, 0.15) is 0 Å². The summed E-state index contributed by atoms with van der Waals surface area (Å²) in [6.45, 7) is 6.30. The summed E-state index contributed by atoms with van der Waals surface area (Å²) < 4.78 is 1.85. The number of likely N-dealkylation sites (N-methyl/N-ethyl adjacent to an activating group) is 1. The molecule has 1 fully saturated rings. The quantitative estimate of drug-likeness (QED) is 0.839. The zero-order chi connectivity index (χ0) is 18.0. The largest absolute Gasteiger partial charge is 0.340 e. The predicted octanol–water partition coefficient (Wildman–Crippen LogP) is 2.45. The van der Waals surface area contributed by atoms with Crippen molar-refractivity contribution in [1.82, 2.24) is 19.6 Å². The van der Waals surface area contributed by atoms with Gasteiger partial charge in [-0.3, -0.25) is 9.48 Å². The van der Waals surface area contributed by atoms with Crippen LogP contribution in [0.5, 0.6) is 0 Å². The van der Waals surface area contributed by atoms with Crippen LogP contribution < -0.4 is 0 Å². The van der Waals surface area contributed by atoms with Crippen LogP contribution in [0, 0.1) is 13.8 Å². The second-order valence-corrected chi connectivity index (χ2v) is 7.32. The fourth-order valence-electron chi connectivity index (χ4n) is 3.61. The van der Waals surface area contributed by atoms with Gasteiger partial charge in [0.25, 0.3) is 0 Å². The molecule has 0 radical (unpaired) electrons. The number of nitrogens with zero attached hydrogens (tertiary/aromatic N) is 4. The van der Waals surface area contributed by atoms with Crippen molar-refractivity contribution in [2.24, 2.45) is 0 Å². The topological polar surface area (TPSA) is 41.4 Å². The van der Waals surface area contributed by atoms with Crippen molar-refractivity contribution in [3.63, 3.8) is 0 Å². The molecule has 0 spiro atoms. The van der Waals surface area contributed by atoms with Gasteiger partial charge in [-0.05, 0) is 39.6 Å². The standard InChI is InChI=1S/C20H28N4O/c1-15-5-7-17(8-6-15)18-13-23(14-19(18)22(3)4)20(25)10-12-24-11-9-16(2)21-24/h5-9,11,18-19H,10,12-14H2,1-4H3/t18-,19+/m1/s1. The van der Waals surface area contributed by atoms with Gasteiger partial charge in [-0.2, -0.15) is 5.10 Å². The Morgan fingerprint density at radius 2 is 1.88 bits per heavy atom. The number of hydrogen-bond acceptors (Lipinski definition) is 3. The summed E-state index contributed by atoms with van der Waals surface area (Å²) in [5, 5.41) is 4.36. The summed E-state index contributed by atoms with van der Waals surface area (Å²) in [6.07, 6.45) is 2.44. The Balaban J connectivity index is 1.66. The van der Waals surface area contributed by atoms with Crippen molar-refractivity contribution in [3.05, 3.63) is 53.3 Å². The summed E-state index contributed by atoms with van der Waals surface area (Å²) >= 11 is 0. The van der Waals surface area contributed by atoms with Gasteiger partial charge >= 0.3 is 0 Å². The van der Waals surface area contributed by atoms with Crippen molar-refractivity contribution in [2.75, 3.05) is 27.2 Å². The van der Waals surface area contributed by atoms with Gasteiger partial charge < -0.3 is 9.80 Å². The van der Waals surface area contributed by atoms with Crippen LogP contribution in [-0.2, 0) is 11.3 Å². The van der Waals surface area contributed by atoms with Gasteiger partial charge in [-0.25, -0.2) is 0 Å². The Labute approximate surface area is 150 Å². The van der Waals surface area contributed by atoms with Gasteiger partial charge in [-0.15, -0.1) is 0 Å². The third kappa shape index (κ3) is 4.10. The maximum absolute atomic E-state index is 12.7. The minimum Gasteiger partial charge on any atom is -0.340 e. The SMILES string of the molecule is Cc1ccc([C@H]2CN(C(=O)CCn3ccc(C)n3)C[C@@H]2N(C)C)cc1. The van der Waals surface area contributed by atoms with Crippen LogP contribution in [0.15, 0.2) is 36.5 Å². The number of carbonyl (C=O) groups is 1. The van der Waals surface area contributed by atoms with Crippen molar-refractivity contribution in [1.29, 1.82) is 0 Å². The van der Waals surface area contributed by atoms with E-state index in [2.05, 4.69) is 55.3 Å². The van der Waals surface area contributed by atoms with Gasteiger partial charge in [0.2, 0.25) is 5.91 Å². The lowest BCUT2D eigenvalue weighted by Gasteiger charge is -2.25. The molecule has 2 heterocycles. The van der Waals surface area contributed by atoms with E-state index in [0.717, 1.165) is 18.8 Å². The summed E-state index contributed by atoms with van der Waals surface area (Å²) in [4.78, 5) is 17.0. The number of aromatic nitrogens is 2. The first-order valence-corrected chi connectivity index (χ1v) is 8.95. The Morgan fingerprint density at radius 1 is 1.16 bits per heavy atom. The van der Waals surface area contributed by atoms with Crippen LogP contribution in [0.2, 0.25) is 0 Å². The summed E-state index contributed by atoms with van der Waals surface area (Å²) in [6, 6.07) is 11.1. The lowest BCUT2D eigenvalue weighted by molar-refractivity contribution is -0.130. The van der Waals surface area contributed by atoms with E-state index in [1.807, 2.05) is 28.8 Å². The Bertz CT molecular complexity index is 720. The molecule has 1 amide bonds. The van der Waals surface area contributed by atoms with Crippen molar-refractivity contribution in [3.8, 4) is 0 Å². The average molecular weight is 340 g/mol. The van der Waals surface area contributed by atoms with Gasteiger partial charge in [0.15, 0.2) is 0 Å². The molecule has 134 valence electrons. The van der Waals surface area contributed by atoms with Crippen LogP contribution in [-0.4, -0.2) is 58.7 Å². The highest BCUT2D eigenvalue weighted by atomic mass is 16.2. The van der Waals surface area contributed by atoms with E-state index in [0.29, 0.717) is 24.9 Å². The number of benzene rings is 1. The van der Waals surface area contributed by atoms with E-state index >= 15 is 0 Å². The number of aryl methyl sites for hydroxylation is 3. The molecule has 1 aromatic heterocycles. The molecule has 0 unspecified atom stereocenters. The van der Waals surface area contributed by atoms with E-state index in [4.69, 9.17) is 0 Å². The normalized spacial score (nSPS) is 20.4. The summed E-state index contributed by atoms with van der Waals surface area (Å²) in [5.41, 5.74) is 3.58. The molecule has 1 aromatic carbocycles. The highest BCUT2D eigenvalue weighted by Gasteiger charge is 2.37. The number of rotatable bonds is 5. The van der Waals surface area contributed by atoms with Crippen LogP contribution in [0.3, 0.4) is 0 Å². The highest BCUT2D eigenvalue weighted by molar-refractivity contribution is 5.76. The Kier molecular flexibility index (Phi) is 5.23. The van der Waals surface area contributed by atoms with Crippen LogP contribution in [0.4, 0.5) is 0 Å². The number of hydrogen-bond donors (Lipinski definition) is 0. The predicted molar refractivity (Wildman–Crippen MR) is 99.6 cm³/mol. The van der Waals surface area contributed by atoms with E-state index in [9.17, 15) is 4.79 Å². The Hall–Kier alpha value is -2.14. The number of carbonyl (C=O) groups excluding carboxylic acids is 1. The summed E-state index contributed by atoms with van der Waals surface area (Å²) in [5.74, 6) is 0.584. The molecule has 3 rings (SSSR count). The fourth-order valence-corrected chi connectivity index (χ4v) is 3.61. The van der Waals surface area contributed by atoms with E-state index in [1.54, 1.807) is 0 Å². The van der Waals surface area contributed by atoms with E-state index in [1.165, 1.54) is 11.1 Å².